The number of benzene rings is 1. The van der Waals surface area contributed by atoms with Gasteiger partial charge in [0.15, 0.2) is 5.78 Å². The van der Waals surface area contributed by atoms with Gasteiger partial charge in [0.25, 0.3) is 0 Å². The summed E-state index contributed by atoms with van der Waals surface area (Å²) < 4.78 is 15.1. The predicted octanol–water partition coefficient (Wildman–Crippen LogP) is 3.19. The molecule has 0 aliphatic carbocycles. The molecule has 0 amide bonds. The second kappa shape index (κ2) is 6.96. The van der Waals surface area contributed by atoms with Gasteiger partial charge in [-0.15, -0.1) is 10.2 Å². The fraction of sp³-hybridized carbons (Fsp3) is 0.333. The molecule has 0 radical (unpaired) electrons. The van der Waals surface area contributed by atoms with Gasteiger partial charge in [0.2, 0.25) is 5.82 Å². The zero-order chi connectivity index (χ0) is 18.0. The molecule has 0 aliphatic rings. The van der Waals surface area contributed by atoms with Crippen molar-refractivity contribution < 1.29 is 9.18 Å². The highest BCUT2D eigenvalue weighted by Crippen LogP contribution is 2.17. The van der Waals surface area contributed by atoms with Crippen LogP contribution in [0.1, 0.15) is 35.1 Å². The van der Waals surface area contributed by atoms with Crippen LogP contribution in [0, 0.1) is 19.7 Å². The van der Waals surface area contributed by atoms with Crippen LogP contribution in [0.5, 0.6) is 0 Å². The highest BCUT2D eigenvalue weighted by molar-refractivity contribution is 5.97. The van der Waals surface area contributed by atoms with Gasteiger partial charge in [-0.05, 0) is 55.8 Å². The Morgan fingerprint density at radius 2 is 1.92 bits per heavy atom. The van der Waals surface area contributed by atoms with E-state index < -0.39 is 0 Å². The van der Waals surface area contributed by atoms with Gasteiger partial charge in [0.05, 0.1) is 0 Å². The van der Waals surface area contributed by atoms with Crippen molar-refractivity contribution in [2.45, 2.75) is 40.3 Å². The molecule has 2 heterocycles. The molecule has 6 nitrogen and oxygen atoms in total. The number of hydrogen-bond acceptors (Lipinski definition) is 4. The van der Waals surface area contributed by atoms with Crippen LogP contribution >= 0.6 is 0 Å². The SMILES string of the molecule is CCCn1c(C)cc(C(=O)Cn2nnc(-c3ccc(F)cc3)n2)c1C. The quantitative estimate of drug-likeness (QED) is 0.646. The number of ketones is 1. The zero-order valence-corrected chi connectivity index (χ0v) is 14.5. The summed E-state index contributed by atoms with van der Waals surface area (Å²) >= 11 is 0. The molecule has 0 atom stereocenters. The molecule has 0 saturated carbocycles. The van der Waals surface area contributed by atoms with Crippen LogP contribution < -0.4 is 0 Å². The minimum atomic E-state index is -0.325. The van der Waals surface area contributed by atoms with Crippen LogP contribution in [-0.2, 0) is 13.1 Å². The van der Waals surface area contributed by atoms with Crippen LogP contribution in [0.2, 0.25) is 0 Å². The predicted molar refractivity (Wildman–Crippen MR) is 91.7 cm³/mol. The number of aryl methyl sites for hydroxylation is 1. The largest absolute Gasteiger partial charge is 0.348 e. The Morgan fingerprint density at radius 3 is 2.60 bits per heavy atom. The molecule has 3 rings (SSSR count). The molecule has 0 N–H and O–H groups in total. The number of rotatable bonds is 6. The van der Waals surface area contributed by atoms with Crippen molar-refractivity contribution in [1.82, 2.24) is 24.8 Å². The Labute approximate surface area is 145 Å². The first-order valence-corrected chi connectivity index (χ1v) is 8.23. The molecule has 1 aromatic carbocycles. The molecular formula is C18H20FN5O. The Balaban J connectivity index is 1.78. The van der Waals surface area contributed by atoms with E-state index in [-0.39, 0.29) is 18.1 Å². The lowest BCUT2D eigenvalue weighted by Gasteiger charge is -2.07. The van der Waals surface area contributed by atoms with Crippen molar-refractivity contribution in [3.05, 3.63) is 53.1 Å². The van der Waals surface area contributed by atoms with E-state index in [0.29, 0.717) is 17.0 Å². The monoisotopic (exact) mass is 341 g/mol. The fourth-order valence-corrected chi connectivity index (χ4v) is 2.89. The fourth-order valence-electron chi connectivity index (χ4n) is 2.89. The Morgan fingerprint density at radius 1 is 1.20 bits per heavy atom. The van der Waals surface area contributed by atoms with E-state index >= 15 is 0 Å². The van der Waals surface area contributed by atoms with Gasteiger partial charge in [0, 0.05) is 29.1 Å². The average Bonchev–Trinajstić information content (AvgIpc) is 3.15. The number of aromatic nitrogens is 5. The molecule has 2 aromatic heterocycles. The lowest BCUT2D eigenvalue weighted by molar-refractivity contribution is 0.0960. The number of tetrazole rings is 1. The summed E-state index contributed by atoms with van der Waals surface area (Å²) in [5.41, 5.74) is 3.37. The smallest absolute Gasteiger partial charge is 0.204 e. The number of Topliss-reactive ketones (excluding diaryl/α,β-unsaturated/α-hetero) is 1. The molecule has 0 bridgehead atoms. The molecule has 3 aromatic rings. The molecular weight excluding hydrogens is 321 g/mol. The number of carbonyl (C=O) groups is 1. The van der Waals surface area contributed by atoms with Crippen LogP contribution in [0.3, 0.4) is 0 Å². The van der Waals surface area contributed by atoms with Crippen LogP contribution in [0.25, 0.3) is 11.4 Å². The highest BCUT2D eigenvalue weighted by Gasteiger charge is 2.17. The van der Waals surface area contributed by atoms with E-state index in [2.05, 4.69) is 26.9 Å². The molecule has 0 aliphatic heterocycles. The lowest BCUT2D eigenvalue weighted by Crippen LogP contribution is -2.14. The van der Waals surface area contributed by atoms with Gasteiger partial charge in [-0.2, -0.15) is 4.80 Å². The molecule has 25 heavy (non-hydrogen) atoms. The summed E-state index contributed by atoms with van der Waals surface area (Å²) in [6.07, 6.45) is 1.01. The third-order valence-electron chi connectivity index (χ3n) is 4.16. The Bertz CT molecular complexity index is 895. The summed E-state index contributed by atoms with van der Waals surface area (Å²) in [5.74, 6) is -0.0171. The third-order valence-corrected chi connectivity index (χ3v) is 4.16. The number of halogens is 1. The van der Waals surface area contributed by atoms with E-state index in [4.69, 9.17) is 0 Å². The van der Waals surface area contributed by atoms with Crippen LogP contribution in [-0.4, -0.2) is 30.6 Å². The summed E-state index contributed by atoms with van der Waals surface area (Å²) in [5, 5.41) is 12.1. The molecule has 7 heteroatoms. The van der Waals surface area contributed by atoms with E-state index in [1.807, 2.05) is 19.9 Å². The van der Waals surface area contributed by atoms with Gasteiger partial charge in [0.1, 0.15) is 12.4 Å². The molecule has 130 valence electrons. The minimum absolute atomic E-state index is 0.0185. The molecule has 0 spiro atoms. The van der Waals surface area contributed by atoms with Crippen LogP contribution in [0.4, 0.5) is 4.39 Å². The third kappa shape index (κ3) is 3.50. The maximum absolute atomic E-state index is 13.0. The standard InChI is InChI=1S/C18H20FN5O/c1-4-9-23-12(2)10-16(13(23)3)17(25)11-24-21-18(20-22-24)14-5-7-15(19)8-6-14/h5-8,10H,4,9,11H2,1-3H3. The number of carbonyl (C=O) groups excluding carboxylic acids is 1. The van der Waals surface area contributed by atoms with Crippen molar-refractivity contribution in [1.29, 1.82) is 0 Å². The zero-order valence-electron chi connectivity index (χ0n) is 14.5. The van der Waals surface area contributed by atoms with E-state index in [1.165, 1.54) is 16.9 Å². The first kappa shape index (κ1) is 17.0. The number of hydrogen-bond donors (Lipinski definition) is 0. The van der Waals surface area contributed by atoms with Gasteiger partial charge in [-0.25, -0.2) is 4.39 Å². The summed E-state index contributed by atoms with van der Waals surface area (Å²) in [6, 6.07) is 7.74. The van der Waals surface area contributed by atoms with Gasteiger partial charge in [-0.3, -0.25) is 4.79 Å². The minimum Gasteiger partial charge on any atom is -0.348 e. The second-order valence-corrected chi connectivity index (χ2v) is 6.01. The van der Waals surface area contributed by atoms with Crippen molar-refractivity contribution >= 4 is 5.78 Å². The molecule has 0 saturated heterocycles. The van der Waals surface area contributed by atoms with Gasteiger partial charge >= 0.3 is 0 Å². The van der Waals surface area contributed by atoms with Crippen molar-refractivity contribution in [3.63, 3.8) is 0 Å². The topological polar surface area (TPSA) is 65.6 Å². The van der Waals surface area contributed by atoms with Gasteiger partial charge < -0.3 is 4.57 Å². The maximum atomic E-state index is 13.0. The summed E-state index contributed by atoms with van der Waals surface area (Å²) in [6.45, 7) is 6.97. The summed E-state index contributed by atoms with van der Waals surface area (Å²) in [7, 11) is 0. The first-order chi connectivity index (χ1) is 12.0. The second-order valence-electron chi connectivity index (χ2n) is 6.01. The maximum Gasteiger partial charge on any atom is 0.204 e. The highest BCUT2D eigenvalue weighted by atomic mass is 19.1. The van der Waals surface area contributed by atoms with Crippen molar-refractivity contribution in [3.8, 4) is 11.4 Å². The lowest BCUT2D eigenvalue weighted by atomic mass is 10.1. The first-order valence-electron chi connectivity index (χ1n) is 8.23. The van der Waals surface area contributed by atoms with E-state index in [9.17, 15) is 9.18 Å². The average molecular weight is 341 g/mol. The van der Waals surface area contributed by atoms with E-state index in [1.54, 1.807) is 12.1 Å². The van der Waals surface area contributed by atoms with Crippen LogP contribution in [0.15, 0.2) is 30.3 Å². The normalized spacial score (nSPS) is 11.0. The Hall–Kier alpha value is -2.83. The molecule has 0 fully saturated rings. The number of nitrogens with zero attached hydrogens (tertiary/aromatic N) is 5. The molecule has 0 unspecified atom stereocenters. The Kier molecular flexibility index (Phi) is 4.74. The van der Waals surface area contributed by atoms with Crippen molar-refractivity contribution in [2.75, 3.05) is 0 Å². The van der Waals surface area contributed by atoms with Crippen molar-refractivity contribution in [2.24, 2.45) is 0 Å². The van der Waals surface area contributed by atoms with Gasteiger partial charge in [-0.1, -0.05) is 6.92 Å². The summed E-state index contributed by atoms with van der Waals surface area (Å²) in [4.78, 5) is 13.9. The van der Waals surface area contributed by atoms with E-state index in [0.717, 1.165) is 24.4 Å².